The molecule has 1 aromatic carbocycles. The van der Waals surface area contributed by atoms with Gasteiger partial charge in [-0.2, -0.15) is 0 Å². The molecule has 4 heteroatoms. The van der Waals surface area contributed by atoms with E-state index < -0.39 is 5.60 Å². The van der Waals surface area contributed by atoms with Crippen LogP contribution in [0.3, 0.4) is 0 Å². The number of anilines is 1. The van der Waals surface area contributed by atoms with Crippen LogP contribution in [-0.4, -0.2) is 28.9 Å². The lowest BCUT2D eigenvalue weighted by molar-refractivity contribution is -0.0613. The minimum Gasteiger partial charge on any atom is -0.392 e. The Hall–Kier alpha value is -1.13. The Morgan fingerprint density at radius 3 is 2.95 bits per heavy atom. The van der Waals surface area contributed by atoms with Gasteiger partial charge in [-0.05, 0) is 37.5 Å². The van der Waals surface area contributed by atoms with E-state index in [1.807, 2.05) is 0 Å². The Kier molecular flexibility index (Phi) is 3.69. The van der Waals surface area contributed by atoms with Gasteiger partial charge >= 0.3 is 0 Å². The molecule has 2 atom stereocenters. The van der Waals surface area contributed by atoms with E-state index in [2.05, 4.69) is 4.90 Å². The molecule has 1 heterocycles. The first kappa shape index (κ1) is 13.8. The van der Waals surface area contributed by atoms with Crippen molar-refractivity contribution in [3.63, 3.8) is 0 Å². The molecule has 2 unspecified atom stereocenters. The average molecular weight is 279 g/mol. The smallest absolute Gasteiger partial charge is 0.123 e. The summed E-state index contributed by atoms with van der Waals surface area (Å²) < 4.78 is 13.3. The maximum atomic E-state index is 13.3. The highest BCUT2D eigenvalue weighted by Gasteiger charge is 2.42. The molecular weight excluding hydrogens is 257 g/mol. The van der Waals surface area contributed by atoms with E-state index in [1.54, 1.807) is 6.07 Å². The summed E-state index contributed by atoms with van der Waals surface area (Å²) >= 11 is 0. The van der Waals surface area contributed by atoms with Crippen molar-refractivity contribution in [1.82, 2.24) is 0 Å². The Bertz CT molecular complexity index is 493. The number of benzene rings is 1. The predicted octanol–water partition coefficient (Wildman–Crippen LogP) is 2.45. The molecule has 20 heavy (non-hydrogen) atoms. The van der Waals surface area contributed by atoms with Crippen LogP contribution < -0.4 is 4.90 Å². The first-order valence-electron chi connectivity index (χ1n) is 7.49. The number of piperidine rings is 1. The predicted molar refractivity (Wildman–Crippen MR) is 76.1 cm³/mol. The second kappa shape index (κ2) is 5.34. The zero-order chi connectivity index (χ0) is 14.2. The zero-order valence-corrected chi connectivity index (χ0v) is 11.7. The quantitative estimate of drug-likeness (QED) is 0.874. The Labute approximate surface area is 119 Å². The molecule has 1 saturated carbocycles. The molecule has 0 spiro atoms. The third kappa shape index (κ3) is 2.42. The van der Waals surface area contributed by atoms with E-state index in [-0.39, 0.29) is 12.4 Å². The monoisotopic (exact) mass is 279 g/mol. The van der Waals surface area contributed by atoms with Gasteiger partial charge in [-0.25, -0.2) is 4.39 Å². The normalized spacial score (nSPS) is 30.1. The van der Waals surface area contributed by atoms with Crippen LogP contribution >= 0.6 is 0 Å². The highest BCUT2D eigenvalue weighted by molar-refractivity contribution is 5.54. The van der Waals surface area contributed by atoms with E-state index in [9.17, 15) is 14.6 Å². The fraction of sp³-hybridized carbons (Fsp3) is 0.625. The van der Waals surface area contributed by atoms with E-state index in [1.165, 1.54) is 18.6 Å². The Balaban J connectivity index is 1.82. The van der Waals surface area contributed by atoms with Gasteiger partial charge in [-0.1, -0.05) is 12.8 Å². The van der Waals surface area contributed by atoms with Crippen LogP contribution in [-0.2, 0) is 6.61 Å². The molecule has 3 rings (SSSR count). The van der Waals surface area contributed by atoms with Crippen molar-refractivity contribution in [3.8, 4) is 0 Å². The minimum absolute atomic E-state index is 0.154. The van der Waals surface area contributed by atoms with Gasteiger partial charge in [0.05, 0.1) is 12.2 Å². The highest BCUT2D eigenvalue weighted by atomic mass is 19.1. The molecule has 2 fully saturated rings. The summed E-state index contributed by atoms with van der Waals surface area (Å²) in [6.07, 6.45) is 5.02. The first-order chi connectivity index (χ1) is 9.62. The number of nitrogens with zero attached hydrogens (tertiary/aromatic N) is 1. The van der Waals surface area contributed by atoms with Gasteiger partial charge in [0.1, 0.15) is 5.82 Å². The summed E-state index contributed by atoms with van der Waals surface area (Å²) in [4.78, 5) is 2.19. The molecule has 0 radical (unpaired) electrons. The maximum absolute atomic E-state index is 13.3. The number of fused-ring (bicyclic) bond motifs is 1. The molecule has 0 aromatic heterocycles. The first-order valence-corrected chi connectivity index (χ1v) is 7.49. The van der Waals surface area contributed by atoms with Crippen molar-refractivity contribution in [2.24, 2.45) is 5.92 Å². The van der Waals surface area contributed by atoms with Crippen molar-refractivity contribution in [1.29, 1.82) is 0 Å². The number of rotatable bonds is 2. The fourth-order valence-corrected chi connectivity index (χ4v) is 3.78. The molecule has 2 aliphatic rings. The summed E-state index contributed by atoms with van der Waals surface area (Å²) in [7, 11) is 0. The second-order valence-electron chi connectivity index (χ2n) is 6.17. The summed E-state index contributed by atoms with van der Waals surface area (Å²) in [6, 6.07) is 4.58. The molecular formula is C16H22FNO2. The molecule has 0 amide bonds. The number of hydrogen-bond donors (Lipinski definition) is 2. The van der Waals surface area contributed by atoms with Gasteiger partial charge in [0.15, 0.2) is 0 Å². The van der Waals surface area contributed by atoms with Gasteiger partial charge in [-0.3, -0.25) is 0 Å². The van der Waals surface area contributed by atoms with E-state index in [0.717, 1.165) is 44.5 Å². The zero-order valence-electron chi connectivity index (χ0n) is 11.7. The second-order valence-corrected chi connectivity index (χ2v) is 6.17. The summed E-state index contributed by atoms with van der Waals surface area (Å²) in [6.45, 7) is 1.42. The lowest BCUT2D eigenvalue weighted by Crippen LogP contribution is -2.53. The van der Waals surface area contributed by atoms with E-state index in [0.29, 0.717) is 11.5 Å². The SMILES string of the molecule is OCc1cc(F)ccc1N1CCC2(O)CCCCC2C1. The molecule has 1 aliphatic carbocycles. The van der Waals surface area contributed by atoms with Crippen LogP contribution in [0.1, 0.15) is 37.7 Å². The Morgan fingerprint density at radius 1 is 1.30 bits per heavy atom. The molecule has 110 valence electrons. The van der Waals surface area contributed by atoms with Crippen LogP contribution in [0.4, 0.5) is 10.1 Å². The number of aliphatic hydroxyl groups is 2. The fourth-order valence-electron chi connectivity index (χ4n) is 3.78. The van der Waals surface area contributed by atoms with Gasteiger partial charge in [-0.15, -0.1) is 0 Å². The van der Waals surface area contributed by atoms with Crippen LogP contribution in [0.2, 0.25) is 0 Å². The van der Waals surface area contributed by atoms with Crippen LogP contribution in [0.15, 0.2) is 18.2 Å². The standard InChI is InChI=1S/C16H22FNO2/c17-14-4-5-15(12(9-14)11-19)18-8-7-16(20)6-2-1-3-13(16)10-18/h4-5,9,13,19-20H,1-3,6-8,10-11H2. The van der Waals surface area contributed by atoms with Gasteiger partial charge < -0.3 is 15.1 Å². The van der Waals surface area contributed by atoms with Gasteiger partial charge in [0, 0.05) is 30.3 Å². The van der Waals surface area contributed by atoms with Gasteiger partial charge in [0.2, 0.25) is 0 Å². The third-order valence-electron chi connectivity index (χ3n) is 4.98. The Morgan fingerprint density at radius 2 is 2.15 bits per heavy atom. The molecule has 2 N–H and O–H groups in total. The lowest BCUT2D eigenvalue weighted by atomic mass is 9.71. The highest BCUT2D eigenvalue weighted by Crippen LogP contribution is 2.41. The van der Waals surface area contributed by atoms with Crippen molar-refractivity contribution >= 4 is 5.69 Å². The van der Waals surface area contributed by atoms with E-state index in [4.69, 9.17) is 0 Å². The number of aliphatic hydroxyl groups excluding tert-OH is 1. The van der Waals surface area contributed by atoms with Crippen LogP contribution in [0.5, 0.6) is 0 Å². The number of halogens is 1. The lowest BCUT2D eigenvalue weighted by Gasteiger charge is -2.48. The van der Waals surface area contributed by atoms with Crippen molar-refractivity contribution in [3.05, 3.63) is 29.6 Å². The molecule has 1 saturated heterocycles. The van der Waals surface area contributed by atoms with Crippen LogP contribution in [0, 0.1) is 11.7 Å². The molecule has 1 aliphatic heterocycles. The number of hydrogen-bond acceptors (Lipinski definition) is 3. The van der Waals surface area contributed by atoms with Crippen LogP contribution in [0.25, 0.3) is 0 Å². The summed E-state index contributed by atoms with van der Waals surface area (Å²) in [5, 5.41) is 20.1. The third-order valence-corrected chi connectivity index (χ3v) is 4.98. The summed E-state index contributed by atoms with van der Waals surface area (Å²) in [5.74, 6) is -0.0226. The van der Waals surface area contributed by atoms with Crippen molar-refractivity contribution < 1.29 is 14.6 Å². The largest absolute Gasteiger partial charge is 0.392 e. The average Bonchev–Trinajstić information content (AvgIpc) is 2.46. The topological polar surface area (TPSA) is 43.7 Å². The molecule has 0 bridgehead atoms. The molecule has 3 nitrogen and oxygen atoms in total. The maximum Gasteiger partial charge on any atom is 0.123 e. The molecule has 1 aromatic rings. The minimum atomic E-state index is -0.506. The van der Waals surface area contributed by atoms with Crippen molar-refractivity contribution in [2.75, 3.05) is 18.0 Å². The van der Waals surface area contributed by atoms with Crippen molar-refractivity contribution in [2.45, 2.75) is 44.3 Å². The van der Waals surface area contributed by atoms with Gasteiger partial charge in [0.25, 0.3) is 0 Å². The summed E-state index contributed by atoms with van der Waals surface area (Å²) in [5.41, 5.74) is 1.03. The van der Waals surface area contributed by atoms with E-state index >= 15 is 0 Å².